The van der Waals surface area contributed by atoms with Crippen LogP contribution in [0.15, 0.2) is 66.1 Å². The second kappa shape index (κ2) is 10.8. The van der Waals surface area contributed by atoms with Gasteiger partial charge < -0.3 is 5.41 Å². The molecule has 23 heavy (non-hydrogen) atoms. The van der Waals surface area contributed by atoms with E-state index in [1.54, 1.807) is 18.7 Å². The molecule has 2 aromatic rings. The third kappa shape index (κ3) is 7.29. The lowest BCUT2D eigenvalue weighted by Gasteiger charge is -2.04. The summed E-state index contributed by atoms with van der Waals surface area (Å²) in [5.41, 5.74) is 3.54. The number of alkyl halides is 1. The highest BCUT2D eigenvalue weighted by atomic mass is 32.2. The summed E-state index contributed by atoms with van der Waals surface area (Å²) in [5.74, 6) is 1.07. The molecule has 0 fully saturated rings. The molecule has 0 saturated heterocycles. The van der Waals surface area contributed by atoms with Gasteiger partial charge in [0.15, 0.2) is 0 Å². The van der Waals surface area contributed by atoms with Gasteiger partial charge in [0.2, 0.25) is 0 Å². The van der Waals surface area contributed by atoms with E-state index in [1.165, 1.54) is 4.90 Å². The van der Waals surface area contributed by atoms with Crippen LogP contribution in [-0.4, -0.2) is 18.1 Å². The van der Waals surface area contributed by atoms with Crippen molar-refractivity contribution in [3.63, 3.8) is 0 Å². The van der Waals surface area contributed by atoms with Crippen LogP contribution in [0.25, 0.3) is 5.57 Å². The SMILES string of the molecule is C=C(CCF)c1ccc(SCC)cc1.CC(=N)c1ccccc1. The number of hydrogen-bond acceptors (Lipinski definition) is 2. The average molecular weight is 329 g/mol. The van der Waals surface area contributed by atoms with Crippen molar-refractivity contribution in [2.45, 2.75) is 25.2 Å². The second-order valence-corrected chi connectivity index (χ2v) is 6.33. The third-order valence-corrected chi connectivity index (χ3v) is 4.07. The van der Waals surface area contributed by atoms with Crippen molar-refractivity contribution in [1.82, 2.24) is 0 Å². The highest BCUT2D eigenvalue weighted by Crippen LogP contribution is 2.22. The van der Waals surface area contributed by atoms with Gasteiger partial charge in [0.1, 0.15) is 0 Å². The smallest absolute Gasteiger partial charge is 0.0934 e. The Morgan fingerprint density at radius 1 is 1.04 bits per heavy atom. The average Bonchev–Trinajstić information content (AvgIpc) is 2.57. The van der Waals surface area contributed by atoms with Crippen LogP contribution in [0.3, 0.4) is 0 Å². The molecule has 0 heterocycles. The second-order valence-electron chi connectivity index (χ2n) is 4.99. The Bertz CT molecular complexity index is 605. The predicted molar refractivity (Wildman–Crippen MR) is 101 cm³/mol. The number of rotatable bonds is 6. The van der Waals surface area contributed by atoms with Gasteiger partial charge in [0.25, 0.3) is 0 Å². The van der Waals surface area contributed by atoms with E-state index in [4.69, 9.17) is 5.41 Å². The van der Waals surface area contributed by atoms with E-state index in [0.29, 0.717) is 12.1 Å². The maximum atomic E-state index is 12.1. The molecule has 0 bridgehead atoms. The van der Waals surface area contributed by atoms with Crippen molar-refractivity contribution in [3.05, 3.63) is 72.3 Å². The van der Waals surface area contributed by atoms with E-state index < -0.39 is 0 Å². The van der Waals surface area contributed by atoms with Gasteiger partial charge in [-0.1, -0.05) is 56.0 Å². The molecular weight excluding hydrogens is 305 g/mol. The zero-order chi connectivity index (χ0) is 17.1. The first-order chi connectivity index (χ1) is 11.1. The zero-order valence-corrected chi connectivity index (χ0v) is 14.6. The molecule has 0 aliphatic heterocycles. The van der Waals surface area contributed by atoms with Crippen LogP contribution in [0.5, 0.6) is 0 Å². The lowest BCUT2D eigenvalue weighted by Crippen LogP contribution is -1.88. The summed E-state index contributed by atoms with van der Waals surface area (Å²) in [6.07, 6.45) is 0.431. The Balaban J connectivity index is 0.000000253. The van der Waals surface area contributed by atoms with Gasteiger partial charge in [-0.15, -0.1) is 11.8 Å². The Morgan fingerprint density at radius 3 is 2.09 bits per heavy atom. The number of allylic oxidation sites excluding steroid dienone is 1. The van der Waals surface area contributed by atoms with Crippen LogP contribution in [0, 0.1) is 5.41 Å². The van der Waals surface area contributed by atoms with Gasteiger partial charge in [-0.3, -0.25) is 4.39 Å². The Labute approximate surface area is 143 Å². The lowest BCUT2D eigenvalue weighted by atomic mass is 10.1. The normalized spacial score (nSPS) is 9.70. The quantitative estimate of drug-likeness (QED) is 0.492. The van der Waals surface area contributed by atoms with Crippen LogP contribution in [0.4, 0.5) is 4.39 Å². The summed E-state index contributed by atoms with van der Waals surface area (Å²) in [6, 6.07) is 17.8. The first-order valence-electron chi connectivity index (χ1n) is 7.66. The number of nitrogens with one attached hydrogen (secondary N) is 1. The van der Waals surface area contributed by atoms with E-state index in [1.807, 2.05) is 42.5 Å². The molecule has 0 amide bonds. The minimum absolute atomic E-state index is 0.329. The maximum absolute atomic E-state index is 12.1. The number of hydrogen-bond donors (Lipinski definition) is 1. The summed E-state index contributed by atoms with van der Waals surface area (Å²) in [4.78, 5) is 1.25. The molecule has 122 valence electrons. The summed E-state index contributed by atoms with van der Waals surface area (Å²) in [7, 11) is 0. The molecule has 0 atom stereocenters. The van der Waals surface area contributed by atoms with Crippen LogP contribution in [-0.2, 0) is 0 Å². The minimum Gasteiger partial charge on any atom is -0.305 e. The Morgan fingerprint density at radius 2 is 1.65 bits per heavy atom. The van der Waals surface area contributed by atoms with E-state index in [2.05, 4.69) is 25.6 Å². The topological polar surface area (TPSA) is 23.9 Å². The molecule has 0 aromatic heterocycles. The largest absolute Gasteiger partial charge is 0.305 e. The number of halogens is 1. The molecule has 0 saturated carbocycles. The molecule has 1 nitrogen and oxygen atoms in total. The van der Waals surface area contributed by atoms with Crippen molar-refractivity contribution < 1.29 is 4.39 Å². The van der Waals surface area contributed by atoms with Crippen molar-refractivity contribution in [3.8, 4) is 0 Å². The van der Waals surface area contributed by atoms with Gasteiger partial charge in [-0.05, 0) is 41.5 Å². The van der Waals surface area contributed by atoms with E-state index in [9.17, 15) is 4.39 Å². The van der Waals surface area contributed by atoms with Gasteiger partial charge in [0, 0.05) is 17.0 Å². The summed E-state index contributed by atoms with van der Waals surface area (Å²) >= 11 is 1.81. The molecule has 2 aromatic carbocycles. The first kappa shape index (κ1) is 19.2. The van der Waals surface area contributed by atoms with Crippen molar-refractivity contribution in [2.24, 2.45) is 0 Å². The predicted octanol–water partition coefficient (Wildman–Crippen LogP) is 6.25. The molecule has 0 radical (unpaired) electrons. The van der Waals surface area contributed by atoms with Crippen molar-refractivity contribution >= 4 is 23.0 Å². The molecule has 0 aliphatic carbocycles. The fourth-order valence-electron chi connectivity index (χ4n) is 1.90. The maximum Gasteiger partial charge on any atom is 0.0934 e. The van der Waals surface area contributed by atoms with Gasteiger partial charge in [0.05, 0.1) is 6.67 Å². The van der Waals surface area contributed by atoms with Gasteiger partial charge in [-0.2, -0.15) is 0 Å². The third-order valence-electron chi connectivity index (χ3n) is 3.18. The summed E-state index contributed by atoms with van der Waals surface area (Å²) in [5, 5.41) is 7.24. The van der Waals surface area contributed by atoms with Gasteiger partial charge in [-0.25, -0.2) is 0 Å². The fourth-order valence-corrected chi connectivity index (χ4v) is 2.56. The lowest BCUT2D eigenvalue weighted by molar-refractivity contribution is 0.505. The Kier molecular flexibility index (Phi) is 9.00. The first-order valence-corrected chi connectivity index (χ1v) is 8.64. The molecule has 0 spiro atoms. The van der Waals surface area contributed by atoms with E-state index in [-0.39, 0.29) is 6.67 Å². The fraction of sp³-hybridized carbons (Fsp3) is 0.250. The van der Waals surface area contributed by atoms with Crippen LogP contribution in [0.1, 0.15) is 31.4 Å². The van der Waals surface area contributed by atoms with Crippen molar-refractivity contribution in [2.75, 3.05) is 12.4 Å². The van der Waals surface area contributed by atoms with Gasteiger partial charge >= 0.3 is 0 Å². The van der Waals surface area contributed by atoms with E-state index >= 15 is 0 Å². The molecule has 0 unspecified atom stereocenters. The summed E-state index contributed by atoms with van der Waals surface area (Å²) in [6.45, 7) is 7.43. The summed E-state index contributed by atoms with van der Waals surface area (Å²) < 4.78 is 12.1. The number of benzene rings is 2. The Hall–Kier alpha value is -1.87. The number of thioether (sulfide) groups is 1. The minimum atomic E-state index is -0.329. The van der Waals surface area contributed by atoms with Crippen LogP contribution >= 0.6 is 11.8 Å². The molecular formula is C20H24FNS. The van der Waals surface area contributed by atoms with Crippen molar-refractivity contribution in [1.29, 1.82) is 5.41 Å². The highest BCUT2D eigenvalue weighted by Gasteiger charge is 1.98. The van der Waals surface area contributed by atoms with Crippen LogP contribution in [0.2, 0.25) is 0 Å². The monoisotopic (exact) mass is 329 g/mol. The zero-order valence-electron chi connectivity index (χ0n) is 13.8. The molecule has 3 heteroatoms. The molecule has 2 rings (SSSR count). The van der Waals surface area contributed by atoms with Crippen LogP contribution < -0.4 is 0 Å². The molecule has 0 aliphatic rings. The van der Waals surface area contributed by atoms with E-state index in [0.717, 1.165) is 22.5 Å². The highest BCUT2D eigenvalue weighted by molar-refractivity contribution is 7.99. The standard InChI is InChI=1S/C12H15FS.C8H9N/c1-3-14-12-6-4-11(5-7-12)10(2)8-9-13;1-7(9)8-5-3-2-4-6-8/h4-7H,2-3,8-9H2,1H3;2-6,9H,1H3. The molecule has 1 N–H and O–H groups in total.